The van der Waals surface area contributed by atoms with Crippen LogP contribution >= 0.6 is 22.6 Å². The van der Waals surface area contributed by atoms with E-state index >= 15 is 0 Å². The lowest BCUT2D eigenvalue weighted by Crippen LogP contribution is -2.03. The lowest BCUT2D eigenvalue weighted by atomic mass is 10.2. The Kier molecular flexibility index (Phi) is 3.20. The molecule has 3 rings (SSSR count). The van der Waals surface area contributed by atoms with E-state index in [0.717, 1.165) is 9.13 Å². The molecule has 3 aromatic rings. The van der Waals surface area contributed by atoms with Crippen LogP contribution in [0.2, 0.25) is 0 Å². The highest BCUT2D eigenvalue weighted by molar-refractivity contribution is 14.1. The molecule has 0 atom stereocenters. The van der Waals surface area contributed by atoms with Crippen LogP contribution in [0.5, 0.6) is 5.75 Å². The van der Waals surface area contributed by atoms with E-state index in [1.165, 1.54) is 6.33 Å². The molecular weight excluding hydrogens is 357 g/mol. The average Bonchev–Trinajstić information content (AvgIpc) is 2.86. The first-order valence-electron chi connectivity index (χ1n) is 5.59. The van der Waals surface area contributed by atoms with Crippen molar-refractivity contribution in [3.8, 4) is 5.75 Å². The van der Waals surface area contributed by atoms with E-state index in [-0.39, 0.29) is 5.75 Å². The van der Waals surface area contributed by atoms with E-state index in [2.05, 4.69) is 47.8 Å². The fraction of sp³-hybridized carbons (Fsp3) is 0.0833. The van der Waals surface area contributed by atoms with Gasteiger partial charge >= 0.3 is 0 Å². The number of anilines is 1. The molecule has 0 saturated heterocycles. The zero-order valence-electron chi connectivity index (χ0n) is 9.76. The molecule has 0 aliphatic carbocycles. The number of phenols is 1. The molecule has 3 N–H and O–H groups in total. The van der Waals surface area contributed by atoms with Gasteiger partial charge in [0.1, 0.15) is 17.6 Å². The lowest BCUT2D eigenvalue weighted by molar-refractivity contribution is 0.468. The van der Waals surface area contributed by atoms with Gasteiger partial charge in [0.15, 0.2) is 11.5 Å². The first-order valence-corrected chi connectivity index (χ1v) is 6.67. The lowest BCUT2D eigenvalue weighted by Gasteiger charge is -2.07. The predicted octanol–water partition coefficient (Wildman–Crippen LogP) is 2.28. The van der Waals surface area contributed by atoms with Crippen LogP contribution in [0.4, 0.5) is 5.82 Å². The maximum Gasteiger partial charge on any atom is 0.162 e. The molecule has 0 fully saturated rings. The molecule has 2 aromatic heterocycles. The van der Waals surface area contributed by atoms with Crippen LogP contribution in [0.25, 0.3) is 11.2 Å². The van der Waals surface area contributed by atoms with E-state index in [1.807, 2.05) is 12.1 Å². The molecule has 0 spiro atoms. The van der Waals surface area contributed by atoms with Crippen LogP contribution in [-0.2, 0) is 6.54 Å². The predicted molar refractivity (Wildman–Crippen MR) is 79.8 cm³/mol. The van der Waals surface area contributed by atoms with Crippen molar-refractivity contribution in [2.45, 2.75) is 6.54 Å². The summed E-state index contributed by atoms with van der Waals surface area (Å²) in [5.74, 6) is 0.913. The number of aromatic nitrogens is 4. The molecule has 2 heterocycles. The Morgan fingerprint density at radius 3 is 3.00 bits per heavy atom. The maximum absolute atomic E-state index is 9.84. The summed E-state index contributed by atoms with van der Waals surface area (Å²) in [5, 5.41) is 13.0. The van der Waals surface area contributed by atoms with Crippen molar-refractivity contribution in [3.05, 3.63) is 40.0 Å². The Hall–Kier alpha value is -1.90. The van der Waals surface area contributed by atoms with Crippen LogP contribution in [0, 0.1) is 3.57 Å². The van der Waals surface area contributed by atoms with E-state index < -0.39 is 0 Å². The number of nitrogens with one attached hydrogen (secondary N) is 2. The molecule has 0 aliphatic heterocycles. The topological polar surface area (TPSA) is 86.7 Å². The third-order valence-electron chi connectivity index (χ3n) is 2.71. The molecule has 6 nitrogen and oxygen atoms in total. The van der Waals surface area contributed by atoms with Gasteiger partial charge < -0.3 is 15.4 Å². The Labute approximate surface area is 122 Å². The zero-order chi connectivity index (χ0) is 13.2. The molecule has 0 unspecified atom stereocenters. The SMILES string of the molecule is Oc1cc(I)ccc1CNc1ncnc2[nH]cnc12. The van der Waals surface area contributed by atoms with Gasteiger partial charge in [0, 0.05) is 15.7 Å². The number of benzene rings is 1. The molecule has 0 saturated carbocycles. The summed E-state index contributed by atoms with van der Waals surface area (Å²) in [5.41, 5.74) is 2.18. The van der Waals surface area contributed by atoms with Crippen molar-refractivity contribution in [2.24, 2.45) is 0 Å². The van der Waals surface area contributed by atoms with E-state index in [9.17, 15) is 5.11 Å². The number of hydrogen-bond donors (Lipinski definition) is 3. The highest BCUT2D eigenvalue weighted by Crippen LogP contribution is 2.22. The number of nitrogens with zero attached hydrogens (tertiary/aromatic N) is 3. The highest BCUT2D eigenvalue weighted by atomic mass is 127. The Morgan fingerprint density at radius 1 is 1.26 bits per heavy atom. The van der Waals surface area contributed by atoms with Crippen LogP contribution in [0.3, 0.4) is 0 Å². The largest absolute Gasteiger partial charge is 0.508 e. The van der Waals surface area contributed by atoms with Crippen LogP contribution in [0.15, 0.2) is 30.9 Å². The second-order valence-electron chi connectivity index (χ2n) is 3.95. The summed E-state index contributed by atoms with van der Waals surface area (Å²) >= 11 is 2.16. The van der Waals surface area contributed by atoms with E-state index in [0.29, 0.717) is 23.5 Å². The second-order valence-corrected chi connectivity index (χ2v) is 5.19. The van der Waals surface area contributed by atoms with Crippen LogP contribution < -0.4 is 5.32 Å². The zero-order valence-corrected chi connectivity index (χ0v) is 11.9. The first kappa shape index (κ1) is 12.2. The minimum absolute atomic E-state index is 0.270. The number of rotatable bonds is 3. The monoisotopic (exact) mass is 367 g/mol. The van der Waals surface area contributed by atoms with Crippen molar-refractivity contribution in [3.63, 3.8) is 0 Å². The Balaban J connectivity index is 1.84. The molecule has 96 valence electrons. The first-order chi connectivity index (χ1) is 9.24. The van der Waals surface area contributed by atoms with Gasteiger partial charge in [0.2, 0.25) is 0 Å². The number of H-pyrrole nitrogens is 1. The van der Waals surface area contributed by atoms with Crippen molar-refractivity contribution in [1.29, 1.82) is 0 Å². The summed E-state index contributed by atoms with van der Waals surface area (Å²) in [6.45, 7) is 0.474. The summed E-state index contributed by atoms with van der Waals surface area (Å²) in [6, 6.07) is 5.55. The number of fused-ring (bicyclic) bond motifs is 1. The van der Waals surface area contributed by atoms with Gasteiger partial charge in [-0.25, -0.2) is 15.0 Å². The van der Waals surface area contributed by atoms with Gasteiger partial charge in [0.25, 0.3) is 0 Å². The normalized spacial score (nSPS) is 10.8. The third kappa shape index (κ3) is 2.46. The number of hydrogen-bond acceptors (Lipinski definition) is 5. The minimum atomic E-state index is 0.270. The van der Waals surface area contributed by atoms with Crippen LogP contribution in [0.1, 0.15) is 5.56 Å². The van der Waals surface area contributed by atoms with Crippen molar-refractivity contribution >= 4 is 39.6 Å². The molecule has 0 bridgehead atoms. The number of aromatic amines is 1. The highest BCUT2D eigenvalue weighted by Gasteiger charge is 2.07. The van der Waals surface area contributed by atoms with Gasteiger partial charge in [-0.1, -0.05) is 6.07 Å². The van der Waals surface area contributed by atoms with E-state index in [1.54, 1.807) is 12.4 Å². The van der Waals surface area contributed by atoms with Gasteiger partial charge in [-0.05, 0) is 34.7 Å². The third-order valence-corrected chi connectivity index (χ3v) is 3.38. The van der Waals surface area contributed by atoms with Gasteiger partial charge in [-0.3, -0.25) is 0 Å². The molecule has 1 aromatic carbocycles. The molecule has 0 aliphatic rings. The summed E-state index contributed by atoms with van der Waals surface area (Å²) in [4.78, 5) is 15.3. The smallest absolute Gasteiger partial charge is 0.162 e. The standard InChI is InChI=1S/C12H10IN5O/c13-8-2-1-7(9(19)3-8)4-14-11-10-12(16-5-15-10)18-6-17-11/h1-3,5-6,19H,4H2,(H2,14,15,16,17,18). The number of imidazole rings is 1. The molecule has 7 heteroatoms. The van der Waals surface area contributed by atoms with Gasteiger partial charge in [0.05, 0.1) is 6.33 Å². The van der Waals surface area contributed by atoms with Crippen molar-refractivity contribution in [1.82, 2.24) is 19.9 Å². The van der Waals surface area contributed by atoms with Crippen molar-refractivity contribution < 1.29 is 5.11 Å². The number of phenolic OH excluding ortho intramolecular Hbond substituents is 1. The summed E-state index contributed by atoms with van der Waals surface area (Å²) in [6.07, 6.45) is 3.05. The summed E-state index contributed by atoms with van der Waals surface area (Å²) < 4.78 is 0.996. The molecule has 0 radical (unpaired) electrons. The molecular formula is C12H10IN5O. The quantitative estimate of drug-likeness (QED) is 0.619. The minimum Gasteiger partial charge on any atom is -0.508 e. The molecule has 19 heavy (non-hydrogen) atoms. The Morgan fingerprint density at radius 2 is 2.16 bits per heavy atom. The maximum atomic E-state index is 9.84. The number of halogens is 1. The van der Waals surface area contributed by atoms with Gasteiger partial charge in [-0.2, -0.15) is 0 Å². The van der Waals surface area contributed by atoms with Crippen LogP contribution in [-0.4, -0.2) is 25.0 Å². The second kappa shape index (κ2) is 5.00. The van der Waals surface area contributed by atoms with Crippen molar-refractivity contribution in [2.75, 3.05) is 5.32 Å². The molecule has 0 amide bonds. The van der Waals surface area contributed by atoms with Gasteiger partial charge in [-0.15, -0.1) is 0 Å². The van der Waals surface area contributed by atoms with E-state index in [4.69, 9.17) is 0 Å². The average molecular weight is 367 g/mol. The fourth-order valence-electron chi connectivity index (χ4n) is 1.76. The Bertz CT molecular complexity index is 727. The fourth-order valence-corrected chi connectivity index (χ4v) is 2.23. The number of aromatic hydroxyl groups is 1. The summed E-state index contributed by atoms with van der Waals surface area (Å²) in [7, 11) is 0.